The van der Waals surface area contributed by atoms with Crippen molar-refractivity contribution in [3.63, 3.8) is 0 Å². The number of β-lactam (4-membered cyclic amide) rings is 1. The van der Waals surface area contributed by atoms with Gasteiger partial charge in [0, 0.05) is 58.6 Å². The third-order valence-electron chi connectivity index (χ3n) is 6.78. The number of hydrogen-bond acceptors (Lipinski definition) is 15. The molecule has 0 aliphatic carbocycles. The van der Waals surface area contributed by atoms with Gasteiger partial charge in [-0.3, -0.25) is 24.3 Å². The van der Waals surface area contributed by atoms with Crippen LogP contribution in [0.2, 0.25) is 4.34 Å². The van der Waals surface area contributed by atoms with E-state index in [4.69, 9.17) is 23.1 Å². The first-order chi connectivity index (χ1) is 22.6. The molecule has 2 aliphatic heterocycles. The zero-order chi connectivity index (χ0) is 33.7. The molecule has 2 aliphatic rings. The van der Waals surface area contributed by atoms with Crippen LogP contribution in [-0.2, 0) is 31.4 Å². The molecule has 16 nitrogen and oxygen atoms in total. The minimum Gasteiger partial charge on any atom is -0.477 e. The molecule has 21 heteroatoms. The number of aliphatic carboxylic acids is 1. The fraction of sp³-hybridized carbons (Fsp3) is 0.308. The minimum absolute atomic E-state index is 0.0272. The van der Waals surface area contributed by atoms with Gasteiger partial charge in [-0.2, -0.15) is 11.8 Å². The molecule has 0 unspecified atom stereocenters. The average Bonchev–Trinajstić information content (AvgIpc) is 3.68. The predicted octanol–water partition coefficient (Wildman–Crippen LogP) is 1.08. The number of aromatic nitrogens is 4. The Morgan fingerprint density at radius 1 is 1.34 bits per heavy atom. The summed E-state index contributed by atoms with van der Waals surface area (Å²) in [6, 6.07) is -0.0197. The number of thiazole rings is 1. The Hall–Kier alpha value is -3.82. The van der Waals surface area contributed by atoms with Crippen LogP contribution >= 0.6 is 58.2 Å². The molecular formula is C26H27ClN10O6S4. The summed E-state index contributed by atoms with van der Waals surface area (Å²) in [7, 11) is 0. The van der Waals surface area contributed by atoms with Gasteiger partial charge in [-0.25, -0.2) is 14.8 Å². The molecule has 9 N–H and O–H groups in total. The number of nitrogens with two attached hydrogens (primary N) is 2. The van der Waals surface area contributed by atoms with E-state index in [1.807, 2.05) is 0 Å². The topological polar surface area (TPSA) is 255 Å². The minimum atomic E-state index is -1.29. The largest absolute Gasteiger partial charge is 0.477 e. The summed E-state index contributed by atoms with van der Waals surface area (Å²) in [5.41, 5.74) is 12.3. The smallest absolute Gasteiger partial charge is 0.353 e. The van der Waals surface area contributed by atoms with E-state index >= 15 is 0 Å². The second-order valence-electron chi connectivity index (χ2n) is 9.86. The molecule has 3 aromatic rings. The highest BCUT2D eigenvalue weighted by molar-refractivity contribution is 8.06. The number of amides is 3. The van der Waals surface area contributed by atoms with Crippen molar-refractivity contribution in [1.82, 2.24) is 35.5 Å². The van der Waals surface area contributed by atoms with Gasteiger partial charge in [0.25, 0.3) is 11.8 Å². The number of imidazole rings is 1. The lowest BCUT2D eigenvalue weighted by atomic mass is 10.0. The number of carboxylic acids is 1. The highest BCUT2D eigenvalue weighted by Gasteiger charge is 2.54. The molecule has 0 spiro atoms. The Kier molecular flexibility index (Phi) is 11.3. The van der Waals surface area contributed by atoms with E-state index in [0.717, 1.165) is 26.7 Å². The fourth-order valence-corrected chi connectivity index (χ4v) is 9.00. The van der Waals surface area contributed by atoms with Crippen LogP contribution in [0.4, 0.5) is 5.13 Å². The molecular weight excluding hydrogens is 712 g/mol. The Morgan fingerprint density at radius 3 is 2.83 bits per heavy atom. The summed E-state index contributed by atoms with van der Waals surface area (Å²) in [6.45, 7) is 0.401. The molecule has 248 valence electrons. The third kappa shape index (κ3) is 7.84. The number of rotatable bonds is 14. The Balaban J connectivity index is 1.18. The number of carboxylic acid groups (broad SMARTS) is 1. The van der Waals surface area contributed by atoms with Crippen LogP contribution in [0.3, 0.4) is 0 Å². The summed E-state index contributed by atoms with van der Waals surface area (Å²) in [4.78, 5) is 68.1. The molecule has 1 saturated heterocycles. The van der Waals surface area contributed by atoms with Crippen molar-refractivity contribution < 1.29 is 29.5 Å². The summed E-state index contributed by atoms with van der Waals surface area (Å²) in [5, 5.41) is 27.2. The number of nitrogens with one attached hydrogen (secondary N) is 3. The zero-order valence-corrected chi connectivity index (χ0v) is 28.1. The summed E-state index contributed by atoms with van der Waals surface area (Å²) in [6.07, 6.45) is 6.82. The Labute approximate surface area is 288 Å². The van der Waals surface area contributed by atoms with Gasteiger partial charge in [0.15, 0.2) is 10.8 Å². The van der Waals surface area contributed by atoms with E-state index in [1.54, 1.807) is 36.4 Å². The predicted molar refractivity (Wildman–Crippen MR) is 179 cm³/mol. The number of nitrogen functional groups attached to an aromatic ring is 1. The molecule has 3 aromatic heterocycles. The molecule has 47 heavy (non-hydrogen) atoms. The first-order valence-corrected chi connectivity index (χ1v) is 17.9. The summed E-state index contributed by atoms with van der Waals surface area (Å²) < 4.78 is 0.0272. The molecule has 5 heterocycles. The van der Waals surface area contributed by atoms with Crippen molar-refractivity contribution in [2.45, 2.75) is 34.5 Å². The molecule has 5 rings (SSSR count). The number of anilines is 1. The van der Waals surface area contributed by atoms with Crippen LogP contribution in [-0.4, -0.2) is 100 Å². The van der Waals surface area contributed by atoms with Crippen molar-refractivity contribution in [2.24, 2.45) is 10.9 Å². The van der Waals surface area contributed by atoms with Crippen molar-refractivity contribution >= 4 is 92.8 Å². The number of hydrogen-bond donors (Lipinski definition) is 7. The van der Waals surface area contributed by atoms with Crippen LogP contribution in [0.15, 0.2) is 51.6 Å². The van der Waals surface area contributed by atoms with Gasteiger partial charge in [0.1, 0.15) is 27.1 Å². The average molecular weight is 739 g/mol. The molecule has 0 saturated carbocycles. The van der Waals surface area contributed by atoms with E-state index in [0.29, 0.717) is 35.1 Å². The van der Waals surface area contributed by atoms with Crippen LogP contribution in [0.1, 0.15) is 17.0 Å². The maximum Gasteiger partial charge on any atom is 0.353 e. The number of nitrogens with zero attached hydrogens (tertiary/aromatic N) is 5. The molecule has 3 atom stereocenters. The molecule has 0 radical (unpaired) electrons. The lowest BCUT2D eigenvalue weighted by Gasteiger charge is -2.49. The van der Waals surface area contributed by atoms with Gasteiger partial charge in [0.2, 0.25) is 5.91 Å². The SMILES string of the molecule is Nc1nc(/C(=N/O)C(=O)N[C@@H]2C(=O)N3C(C(=O)O)=C(Sc4ccncc4CSCCNC(=O)[C@@H](N)Cc4c[nH]cn4)CS[C@@H]23)c(Cl)s1. The van der Waals surface area contributed by atoms with E-state index in [-0.39, 0.29) is 32.5 Å². The van der Waals surface area contributed by atoms with Crippen molar-refractivity contribution in [1.29, 1.82) is 0 Å². The molecule has 0 aromatic carbocycles. The van der Waals surface area contributed by atoms with Crippen molar-refractivity contribution in [3.8, 4) is 0 Å². The molecule has 0 bridgehead atoms. The van der Waals surface area contributed by atoms with Crippen LogP contribution < -0.4 is 22.1 Å². The Morgan fingerprint density at radius 2 is 2.15 bits per heavy atom. The maximum atomic E-state index is 13.2. The summed E-state index contributed by atoms with van der Waals surface area (Å²) >= 11 is 11.0. The van der Waals surface area contributed by atoms with Crippen molar-refractivity contribution in [3.05, 3.63) is 62.9 Å². The first-order valence-electron chi connectivity index (χ1n) is 13.6. The number of aromatic amines is 1. The fourth-order valence-electron chi connectivity index (χ4n) is 4.58. The van der Waals surface area contributed by atoms with Gasteiger partial charge in [-0.15, -0.1) is 11.8 Å². The van der Waals surface area contributed by atoms with E-state index in [1.165, 1.54) is 29.9 Å². The first kappa shape index (κ1) is 34.5. The van der Waals surface area contributed by atoms with Gasteiger partial charge in [-0.05, 0) is 11.6 Å². The van der Waals surface area contributed by atoms with Gasteiger partial charge >= 0.3 is 5.97 Å². The normalized spacial score (nSPS) is 18.4. The summed E-state index contributed by atoms with van der Waals surface area (Å²) in [5.74, 6) is -1.73. The third-order valence-corrected chi connectivity index (χ3v) is 11.5. The number of halogens is 1. The second kappa shape index (κ2) is 15.4. The number of H-pyrrole nitrogens is 1. The van der Waals surface area contributed by atoms with Crippen LogP contribution in [0.5, 0.6) is 0 Å². The standard InChI is InChI=1S/C26H27ClN10O6S4/c27-20-16(35-26(29)47-20)17(36-43)22(39)34-18-23(40)37-19(25(41)42)15(9-45-24(18)37)46-14-1-2-30-6-11(14)8-44-4-3-32-21(38)13(28)5-12-7-31-10-33-12/h1-2,6-7,10,13,18,24,43H,3-5,8-9,28H2,(H2,29,35)(H,31,33)(H,32,38)(H,34,39)(H,41,42)/b36-17-/t13-,18+,24-/m0/s1. The lowest BCUT2D eigenvalue weighted by Crippen LogP contribution is -2.71. The second-order valence-corrected chi connectivity index (χ2v) is 14.8. The van der Waals surface area contributed by atoms with E-state index < -0.39 is 41.0 Å². The van der Waals surface area contributed by atoms with E-state index in [2.05, 4.69) is 35.7 Å². The van der Waals surface area contributed by atoms with Gasteiger partial charge in [-0.1, -0.05) is 39.9 Å². The quantitative estimate of drug-likeness (QED) is 0.0402. The molecule has 3 amide bonds. The zero-order valence-electron chi connectivity index (χ0n) is 24.1. The van der Waals surface area contributed by atoms with E-state index in [9.17, 15) is 29.5 Å². The van der Waals surface area contributed by atoms with Crippen molar-refractivity contribution in [2.75, 3.05) is 23.8 Å². The molecule has 1 fully saturated rings. The number of fused-ring (bicyclic) bond motifs is 1. The number of oxime groups is 1. The number of pyridine rings is 1. The van der Waals surface area contributed by atoms with Gasteiger partial charge < -0.3 is 37.4 Å². The Bertz CT molecular complexity index is 1740. The number of carbonyl (C=O) groups is 4. The van der Waals surface area contributed by atoms with Crippen LogP contribution in [0, 0.1) is 0 Å². The highest BCUT2D eigenvalue weighted by atomic mass is 35.5. The maximum absolute atomic E-state index is 13.2. The number of thioether (sulfide) groups is 3. The monoisotopic (exact) mass is 738 g/mol. The lowest BCUT2D eigenvalue weighted by molar-refractivity contribution is -0.150. The van der Waals surface area contributed by atoms with Gasteiger partial charge in [0.05, 0.1) is 18.1 Å². The highest BCUT2D eigenvalue weighted by Crippen LogP contribution is 2.46. The number of carbonyl (C=O) groups excluding carboxylic acids is 3. The van der Waals surface area contributed by atoms with Crippen LogP contribution in [0.25, 0.3) is 0 Å².